The Kier molecular flexibility index (Phi) is 4.54. The van der Waals surface area contributed by atoms with Gasteiger partial charge in [-0.15, -0.1) is 10.2 Å². The molecule has 148 valence electrons. The second kappa shape index (κ2) is 7.35. The van der Waals surface area contributed by atoms with Crippen LogP contribution in [-0.2, 0) is 11.3 Å². The molecule has 3 aromatic rings. The van der Waals surface area contributed by atoms with Gasteiger partial charge in [-0.2, -0.15) is 0 Å². The van der Waals surface area contributed by atoms with Crippen LogP contribution in [0.1, 0.15) is 19.3 Å². The molecule has 6 nitrogen and oxygen atoms in total. The van der Waals surface area contributed by atoms with Gasteiger partial charge in [0, 0.05) is 31.1 Å². The van der Waals surface area contributed by atoms with Crippen molar-refractivity contribution in [1.29, 1.82) is 0 Å². The molecule has 0 spiro atoms. The van der Waals surface area contributed by atoms with Gasteiger partial charge >= 0.3 is 0 Å². The average Bonchev–Trinajstić information content (AvgIpc) is 3.32. The minimum atomic E-state index is 0.261. The SMILES string of the molecule is O=C(C1CC1)N1CC[C@@H](Cn2cnnc2-c2ccc(-c3cccc(O)c3)cc2)C1. The van der Waals surface area contributed by atoms with Crippen molar-refractivity contribution in [3.8, 4) is 28.3 Å². The topological polar surface area (TPSA) is 71.2 Å². The fourth-order valence-corrected chi connectivity index (χ4v) is 4.16. The molecule has 0 radical (unpaired) electrons. The minimum absolute atomic E-state index is 0.261. The molecule has 2 aromatic carbocycles. The van der Waals surface area contributed by atoms with Crippen LogP contribution in [0.4, 0.5) is 0 Å². The number of likely N-dealkylation sites (tertiary alicyclic amines) is 1. The van der Waals surface area contributed by atoms with E-state index in [-0.39, 0.29) is 5.75 Å². The van der Waals surface area contributed by atoms with Gasteiger partial charge in [-0.3, -0.25) is 4.79 Å². The largest absolute Gasteiger partial charge is 0.508 e. The molecule has 1 saturated carbocycles. The van der Waals surface area contributed by atoms with E-state index in [1.807, 2.05) is 41.3 Å². The van der Waals surface area contributed by atoms with Crippen LogP contribution in [0, 0.1) is 11.8 Å². The number of hydrogen-bond donors (Lipinski definition) is 1. The highest BCUT2D eigenvalue weighted by Crippen LogP contribution is 2.33. The summed E-state index contributed by atoms with van der Waals surface area (Å²) in [5.74, 6) is 2.19. The van der Waals surface area contributed by atoms with E-state index in [2.05, 4.69) is 14.8 Å². The molecule has 1 aromatic heterocycles. The van der Waals surface area contributed by atoms with Crippen LogP contribution in [-0.4, -0.2) is 43.8 Å². The van der Waals surface area contributed by atoms with Gasteiger partial charge in [-0.05, 0) is 48.4 Å². The van der Waals surface area contributed by atoms with Crippen molar-refractivity contribution in [2.24, 2.45) is 11.8 Å². The Morgan fingerprint density at radius 2 is 1.83 bits per heavy atom. The average molecular weight is 388 g/mol. The van der Waals surface area contributed by atoms with E-state index in [4.69, 9.17) is 0 Å². The zero-order valence-corrected chi connectivity index (χ0v) is 16.2. The maximum atomic E-state index is 12.3. The molecule has 1 aliphatic heterocycles. The van der Waals surface area contributed by atoms with Crippen LogP contribution in [0.15, 0.2) is 54.9 Å². The normalized spacial score (nSPS) is 18.9. The Morgan fingerprint density at radius 3 is 2.59 bits per heavy atom. The van der Waals surface area contributed by atoms with Gasteiger partial charge in [-0.1, -0.05) is 36.4 Å². The monoisotopic (exact) mass is 388 g/mol. The zero-order chi connectivity index (χ0) is 19.8. The summed E-state index contributed by atoms with van der Waals surface area (Å²) < 4.78 is 2.10. The molecule has 0 bridgehead atoms. The summed E-state index contributed by atoms with van der Waals surface area (Å²) in [5.41, 5.74) is 3.03. The maximum Gasteiger partial charge on any atom is 0.225 e. The van der Waals surface area contributed by atoms with E-state index >= 15 is 0 Å². The second-order valence-corrected chi connectivity index (χ2v) is 8.15. The Labute approximate surface area is 169 Å². The molecule has 5 rings (SSSR count). The molecular formula is C23H24N4O2. The highest BCUT2D eigenvalue weighted by Gasteiger charge is 2.36. The Hall–Kier alpha value is -3.15. The smallest absolute Gasteiger partial charge is 0.225 e. The maximum absolute atomic E-state index is 12.3. The van der Waals surface area contributed by atoms with Gasteiger partial charge in [0.05, 0.1) is 0 Å². The number of hydrogen-bond acceptors (Lipinski definition) is 4. The lowest BCUT2D eigenvalue weighted by molar-refractivity contribution is -0.131. The Morgan fingerprint density at radius 1 is 1.03 bits per heavy atom. The van der Waals surface area contributed by atoms with E-state index in [1.165, 1.54) is 0 Å². The molecule has 1 amide bonds. The van der Waals surface area contributed by atoms with Gasteiger partial charge in [0.25, 0.3) is 0 Å². The minimum Gasteiger partial charge on any atom is -0.508 e. The quantitative estimate of drug-likeness (QED) is 0.725. The van der Waals surface area contributed by atoms with Crippen molar-refractivity contribution in [3.63, 3.8) is 0 Å². The summed E-state index contributed by atoms with van der Waals surface area (Å²) in [4.78, 5) is 14.3. The third-order valence-corrected chi connectivity index (χ3v) is 5.92. The fraction of sp³-hybridized carbons (Fsp3) is 0.348. The number of benzene rings is 2. The van der Waals surface area contributed by atoms with Crippen molar-refractivity contribution in [3.05, 3.63) is 54.9 Å². The Balaban J connectivity index is 1.29. The van der Waals surface area contributed by atoms with Gasteiger partial charge in [0.15, 0.2) is 5.82 Å². The summed E-state index contributed by atoms with van der Waals surface area (Å²) >= 11 is 0. The number of aromatic hydroxyl groups is 1. The summed E-state index contributed by atoms with van der Waals surface area (Å²) in [7, 11) is 0. The molecule has 2 aliphatic rings. The number of nitrogens with zero attached hydrogens (tertiary/aromatic N) is 4. The standard InChI is InChI=1S/C23H24N4O2/c28-21-3-1-2-20(12-21)17-4-6-18(7-5-17)22-25-24-15-27(22)14-16-10-11-26(13-16)23(29)19-8-9-19/h1-7,12,15-16,19,28H,8-11,13-14H2/t16-/m1/s1. The first kappa shape index (κ1) is 17.9. The molecule has 2 fully saturated rings. The first-order valence-corrected chi connectivity index (χ1v) is 10.2. The summed E-state index contributed by atoms with van der Waals surface area (Å²) in [6.07, 6.45) is 4.94. The third-order valence-electron chi connectivity index (χ3n) is 5.92. The van der Waals surface area contributed by atoms with Crippen LogP contribution in [0.3, 0.4) is 0 Å². The van der Waals surface area contributed by atoms with Crippen molar-refractivity contribution in [2.75, 3.05) is 13.1 Å². The number of phenolic OH excluding ortho intramolecular Hbond substituents is 1. The lowest BCUT2D eigenvalue weighted by atomic mass is 10.0. The highest BCUT2D eigenvalue weighted by atomic mass is 16.3. The number of phenols is 1. The van der Waals surface area contributed by atoms with E-state index in [1.54, 1.807) is 18.5 Å². The molecule has 1 saturated heterocycles. The molecule has 2 heterocycles. The molecule has 0 unspecified atom stereocenters. The predicted octanol–water partition coefficient (Wildman–Crippen LogP) is 3.58. The number of carbonyl (C=O) groups is 1. The van der Waals surface area contributed by atoms with Crippen molar-refractivity contribution in [2.45, 2.75) is 25.8 Å². The van der Waals surface area contributed by atoms with Gasteiger partial charge < -0.3 is 14.6 Å². The Bertz CT molecular complexity index is 1020. The molecule has 1 aliphatic carbocycles. The second-order valence-electron chi connectivity index (χ2n) is 8.15. The van der Waals surface area contributed by atoms with E-state index in [9.17, 15) is 9.90 Å². The van der Waals surface area contributed by atoms with Crippen molar-refractivity contribution >= 4 is 5.91 Å². The molecule has 29 heavy (non-hydrogen) atoms. The van der Waals surface area contributed by atoms with Gasteiger partial charge in [-0.25, -0.2) is 0 Å². The first-order chi connectivity index (χ1) is 14.2. The molecular weight excluding hydrogens is 364 g/mol. The van der Waals surface area contributed by atoms with Gasteiger partial charge in [0.1, 0.15) is 12.1 Å². The zero-order valence-electron chi connectivity index (χ0n) is 16.2. The van der Waals surface area contributed by atoms with Gasteiger partial charge in [0.2, 0.25) is 5.91 Å². The fourth-order valence-electron chi connectivity index (χ4n) is 4.16. The van der Waals surface area contributed by atoms with E-state index < -0.39 is 0 Å². The number of rotatable bonds is 5. The van der Waals surface area contributed by atoms with Crippen molar-refractivity contribution in [1.82, 2.24) is 19.7 Å². The number of carbonyl (C=O) groups excluding carboxylic acids is 1. The molecule has 6 heteroatoms. The predicted molar refractivity (Wildman–Crippen MR) is 110 cm³/mol. The lowest BCUT2D eigenvalue weighted by Crippen LogP contribution is -2.30. The van der Waals surface area contributed by atoms with Crippen LogP contribution < -0.4 is 0 Å². The molecule has 1 N–H and O–H groups in total. The van der Waals surface area contributed by atoms with Crippen LogP contribution in [0.25, 0.3) is 22.5 Å². The summed E-state index contributed by atoms with van der Waals surface area (Å²) in [6.45, 7) is 2.53. The van der Waals surface area contributed by atoms with Crippen molar-refractivity contribution < 1.29 is 9.90 Å². The highest BCUT2D eigenvalue weighted by molar-refractivity contribution is 5.81. The molecule has 1 atom stereocenters. The number of amides is 1. The van der Waals surface area contributed by atoms with Crippen LogP contribution in [0.2, 0.25) is 0 Å². The van der Waals surface area contributed by atoms with Crippen LogP contribution in [0.5, 0.6) is 5.75 Å². The third kappa shape index (κ3) is 3.75. The van der Waals surface area contributed by atoms with E-state index in [0.717, 1.165) is 61.4 Å². The summed E-state index contributed by atoms with van der Waals surface area (Å²) in [5, 5.41) is 18.1. The van der Waals surface area contributed by atoms with E-state index in [0.29, 0.717) is 17.7 Å². The summed E-state index contributed by atoms with van der Waals surface area (Å²) in [6, 6.07) is 15.4. The lowest BCUT2D eigenvalue weighted by Gasteiger charge is -2.17. The van der Waals surface area contributed by atoms with Crippen LogP contribution >= 0.6 is 0 Å². The number of aromatic nitrogens is 3. The first-order valence-electron chi connectivity index (χ1n) is 10.2.